The van der Waals surface area contributed by atoms with Gasteiger partial charge >= 0.3 is 0 Å². The zero-order valence-corrected chi connectivity index (χ0v) is 21.5. The van der Waals surface area contributed by atoms with Gasteiger partial charge in [0.15, 0.2) is 0 Å². The SMILES string of the molecule is Cn1cc(C#N)c2cc(S(=O)(=O)N[C@H]3CC[C@H](C(=O)N[C@@H](c4ccccc4)C(C)(C)O)CC3)ccc21. The van der Waals surface area contributed by atoms with Crippen LogP contribution in [0.3, 0.4) is 0 Å². The predicted octanol–water partition coefficient (Wildman–Crippen LogP) is 3.52. The fourth-order valence-corrected chi connectivity index (χ4v) is 6.29. The molecule has 2 aromatic carbocycles. The summed E-state index contributed by atoms with van der Waals surface area (Å²) in [5, 5.41) is 23.6. The lowest BCUT2D eigenvalue weighted by Gasteiger charge is -2.34. The second-order valence-electron chi connectivity index (χ2n) is 10.1. The van der Waals surface area contributed by atoms with Crippen LogP contribution >= 0.6 is 0 Å². The Morgan fingerprint density at radius 1 is 1.14 bits per heavy atom. The zero-order chi connectivity index (χ0) is 26.1. The highest BCUT2D eigenvalue weighted by Crippen LogP contribution is 2.30. The van der Waals surface area contributed by atoms with Crippen molar-refractivity contribution in [3.8, 4) is 6.07 Å². The minimum absolute atomic E-state index is 0.119. The van der Waals surface area contributed by atoms with Crippen molar-refractivity contribution in [3.05, 3.63) is 65.9 Å². The number of hydrogen-bond acceptors (Lipinski definition) is 5. The molecule has 0 aliphatic heterocycles. The highest BCUT2D eigenvalue weighted by Gasteiger charge is 2.34. The number of aromatic nitrogens is 1. The van der Waals surface area contributed by atoms with Crippen LogP contribution in [0.5, 0.6) is 0 Å². The topological polar surface area (TPSA) is 124 Å². The number of carbonyl (C=O) groups excluding carboxylic acids is 1. The minimum atomic E-state index is -3.78. The molecule has 36 heavy (non-hydrogen) atoms. The van der Waals surface area contributed by atoms with Crippen LogP contribution in [-0.2, 0) is 21.9 Å². The van der Waals surface area contributed by atoms with Crippen molar-refractivity contribution >= 4 is 26.8 Å². The van der Waals surface area contributed by atoms with Crippen molar-refractivity contribution in [3.63, 3.8) is 0 Å². The molecular formula is C27H32N4O4S. The Morgan fingerprint density at radius 3 is 2.42 bits per heavy atom. The summed E-state index contributed by atoms with van der Waals surface area (Å²) in [6, 6.07) is 15.4. The van der Waals surface area contributed by atoms with Gasteiger partial charge in [-0.05, 0) is 63.3 Å². The van der Waals surface area contributed by atoms with Gasteiger partial charge in [0.05, 0.1) is 22.1 Å². The highest BCUT2D eigenvalue weighted by molar-refractivity contribution is 7.89. The van der Waals surface area contributed by atoms with Crippen LogP contribution in [0.25, 0.3) is 10.9 Å². The van der Waals surface area contributed by atoms with Crippen molar-refractivity contribution < 1.29 is 18.3 Å². The Morgan fingerprint density at radius 2 is 1.81 bits per heavy atom. The molecule has 1 aromatic heterocycles. The number of carbonyl (C=O) groups is 1. The summed E-state index contributed by atoms with van der Waals surface area (Å²) in [5.41, 5.74) is 0.900. The standard InChI is InChI=1S/C27H32N4O4S/c1-27(2,33)25(18-7-5-4-6-8-18)29-26(32)19-9-11-21(12-10-19)30-36(34,35)22-13-14-24-23(15-22)20(16-28)17-31(24)3/h4-8,13-15,17,19,21,25,30,33H,9-12H2,1-3H3,(H,29,32)/t19-,21-,25-/m0/s1. The van der Waals surface area contributed by atoms with Gasteiger partial charge in [0.1, 0.15) is 6.07 Å². The van der Waals surface area contributed by atoms with Crippen molar-refractivity contribution in [1.29, 1.82) is 5.26 Å². The third-order valence-electron chi connectivity index (χ3n) is 6.94. The van der Waals surface area contributed by atoms with E-state index in [9.17, 15) is 23.6 Å². The zero-order valence-electron chi connectivity index (χ0n) is 20.7. The number of benzene rings is 2. The van der Waals surface area contributed by atoms with Gasteiger partial charge in [0, 0.05) is 36.1 Å². The molecule has 1 fully saturated rings. The maximum atomic E-state index is 13.1. The summed E-state index contributed by atoms with van der Waals surface area (Å²) in [6.07, 6.45) is 3.84. The van der Waals surface area contributed by atoms with E-state index in [2.05, 4.69) is 16.1 Å². The number of sulfonamides is 1. The summed E-state index contributed by atoms with van der Waals surface area (Å²) in [6.45, 7) is 3.34. The van der Waals surface area contributed by atoms with Crippen LogP contribution in [0, 0.1) is 17.2 Å². The van der Waals surface area contributed by atoms with E-state index in [4.69, 9.17) is 0 Å². The fraction of sp³-hybridized carbons (Fsp3) is 0.407. The van der Waals surface area contributed by atoms with Gasteiger partial charge in [0.25, 0.3) is 0 Å². The number of nitrogens with one attached hydrogen (secondary N) is 2. The van der Waals surface area contributed by atoms with Gasteiger partial charge in [-0.3, -0.25) is 4.79 Å². The van der Waals surface area contributed by atoms with Crippen molar-refractivity contribution in [2.24, 2.45) is 13.0 Å². The molecule has 0 saturated heterocycles. The van der Waals surface area contributed by atoms with E-state index in [0.29, 0.717) is 36.6 Å². The van der Waals surface area contributed by atoms with Gasteiger partial charge in [-0.1, -0.05) is 30.3 Å². The van der Waals surface area contributed by atoms with E-state index in [1.807, 2.05) is 37.4 Å². The van der Waals surface area contributed by atoms with E-state index < -0.39 is 21.7 Å². The summed E-state index contributed by atoms with van der Waals surface area (Å²) >= 11 is 0. The Bertz CT molecular complexity index is 1390. The van der Waals surface area contributed by atoms with Gasteiger partial charge in [-0.25, -0.2) is 13.1 Å². The van der Waals surface area contributed by atoms with E-state index >= 15 is 0 Å². The normalized spacial score (nSPS) is 19.5. The molecule has 1 atom stereocenters. The quantitative estimate of drug-likeness (QED) is 0.450. The molecule has 0 radical (unpaired) electrons. The van der Waals surface area contributed by atoms with Crippen LogP contribution in [-0.4, -0.2) is 35.6 Å². The largest absolute Gasteiger partial charge is 0.388 e. The van der Waals surface area contributed by atoms with Crippen LogP contribution in [0.2, 0.25) is 0 Å². The van der Waals surface area contributed by atoms with Crippen molar-refractivity contribution in [2.45, 2.75) is 62.1 Å². The lowest BCUT2D eigenvalue weighted by atomic mass is 9.84. The summed E-state index contributed by atoms with van der Waals surface area (Å²) in [7, 11) is -1.97. The molecule has 1 aliphatic rings. The molecule has 0 spiro atoms. The van der Waals surface area contributed by atoms with Gasteiger partial charge in [-0.2, -0.15) is 5.26 Å². The first kappa shape index (κ1) is 25.9. The number of aryl methyl sites for hydroxylation is 1. The average molecular weight is 509 g/mol. The molecule has 1 amide bonds. The number of nitriles is 1. The lowest BCUT2D eigenvalue weighted by Crippen LogP contribution is -2.46. The molecule has 1 aliphatic carbocycles. The van der Waals surface area contributed by atoms with Gasteiger partial charge < -0.3 is 15.0 Å². The first-order chi connectivity index (χ1) is 17.0. The number of rotatable bonds is 7. The summed E-state index contributed by atoms with van der Waals surface area (Å²) in [4.78, 5) is 13.2. The Kier molecular flexibility index (Phi) is 7.23. The third kappa shape index (κ3) is 5.46. The lowest BCUT2D eigenvalue weighted by molar-refractivity contribution is -0.128. The summed E-state index contributed by atoms with van der Waals surface area (Å²) < 4.78 is 30.7. The fourth-order valence-electron chi connectivity index (χ4n) is 4.96. The molecule has 190 valence electrons. The summed E-state index contributed by atoms with van der Waals surface area (Å²) in [5.74, 6) is -0.385. The van der Waals surface area contributed by atoms with Crippen LogP contribution < -0.4 is 10.0 Å². The number of aliphatic hydroxyl groups is 1. The maximum Gasteiger partial charge on any atom is 0.240 e. The second-order valence-corrected chi connectivity index (χ2v) is 11.8. The number of fused-ring (bicyclic) bond motifs is 1. The van der Waals surface area contributed by atoms with Gasteiger partial charge in [-0.15, -0.1) is 0 Å². The number of amides is 1. The Labute approximate surface area is 212 Å². The molecule has 0 unspecified atom stereocenters. The van der Waals surface area contributed by atoms with E-state index in [1.165, 1.54) is 6.07 Å². The van der Waals surface area contributed by atoms with Crippen molar-refractivity contribution in [2.75, 3.05) is 0 Å². The molecule has 9 heteroatoms. The Balaban J connectivity index is 1.40. The first-order valence-corrected chi connectivity index (χ1v) is 13.6. The molecule has 0 bridgehead atoms. The van der Waals surface area contributed by atoms with E-state index in [0.717, 1.165) is 11.1 Å². The average Bonchev–Trinajstić information content (AvgIpc) is 3.17. The predicted molar refractivity (Wildman–Crippen MR) is 137 cm³/mol. The molecular weight excluding hydrogens is 476 g/mol. The third-order valence-corrected chi connectivity index (χ3v) is 8.46. The van der Waals surface area contributed by atoms with E-state index in [-0.39, 0.29) is 22.8 Å². The minimum Gasteiger partial charge on any atom is -0.388 e. The first-order valence-electron chi connectivity index (χ1n) is 12.1. The molecule has 1 heterocycles. The van der Waals surface area contributed by atoms with Gasteiger partial charge in [0.2, 0.25) is 15.9 Å². The van der Waals surface area contributed by atoms with Crippen LogP contribution in [0.1, 0.15) is 56.7 Å². The molecule has 3 N–H and O–H groups in total. The maximum absolute atomic E-state index is 13.1. The Hall–Kier alpha value is -3.19. The monoisotopic (exact) mass is 508 g/mol. The van der Waals surface area contributed by atoms with Crippen molar-refractivity contribution in [1.82, 2.24) is 14.6 Å². The van der Waals surface area contributed by atoms with E-state index in [1.54, 1.807) is 36.7 Å². The molecule has 1 saturated carbocycles. The highest BCUT2D eigenvalue weighted by atomic mass is 32.2. The smallest absolute Gasteiger partial charge is 0.240 e. The number of hydrogen-bond donors (Lipinski definition) is 3. The number of nitrogens with zero attached hydrogens (tertiary/aromatic N) is 2. The molecule has 4 rings (SSSR count). The second kappa shape index (κ2) is 10.1. The van der Waals surface area contributed by atoms with Crippen LogP contribution in [0.15, 0.2) is 59.6 Å². The molecule has 8 nitrogen and oxygen atoms in total. The molecule has 3 aromatic rings. The van der Waals surface area contributed by atoms with Crippen LogP contribution in [0.4, 0.5) is 0 Å².